The molecule has 0 saturated carbocycles. The van der Waals surface area contributed by atoms with Gasteiger partial charge < -0.3 is 4.74 Å². The third kappa shape index (κ3) is 2.35. The molecule has 0 bridgehead atoms. The molecule has 2 amide bonds. The summed E-state index contributed by atoms with van der Waals surface area (Å²) in [5.74, 6) is 2.05. The van der Waals surface area contributed by atoms with E-state index in [2.05, 4.69) is 5.92 Å². The Morgan fingerprint density at radius 1 is 1.62 bits per heavy atom. The van der Waals surface area contributed by atoms with E-state index in [9.17, 15) is 9.59 Å². The summed E-state index contributed by atoms with van der Waals surface area (Å²) < 4.78 is 4.90. The molecule has 1 fully saturated rings. The van der Waals surface area contributed by atoms with E-state index in [-0.39, 0.29) is 30.4 Å². The highest BCUT2D eigenvalue weighted by Crippen LogP contribution is 2.22. The third-order valence-corrected chi connectivity index (χ3v) is 2.76. The summed E-state index contributed by atoms with van der Waals surface area (Å²) in [6.07, 6.45) is 4.95. The molecule has 0 radical (unpaired) electrons. The fourth-order valence-corrected chi connectivity index (χ4v) is 1.68. The van der Waals surface area contributed by atoms with Gasteiger partial charge in [-0.1, -0.05) is 20.8 Å². The number of terminal acetylenes is 1. The molecule has 0 aliphatic carbocycles. The minimum Gasteiger partial charge on any atom is -0.447 e. The van der Waals surface area contributed by atoms with Crippen LogP contribution in [0.25, 0.3) is 0 Å². The largest absolute Gasteiger partial charge is 0.447 e. The Balaban J connectivity index is 2.80. The molecule has 0 aromatic heterocycles. The van der Waals surface area contributed by atoms with Crippen molar-refractivity contribution in [3.05, 3.63) is 0 Å². The predicted octanol–water partition coefficient (Wildman–Crippen LogP) is 1.65. The molecule has 0 unspecified atom stereocenters. The highest BCUT2D eigenvalue weighted by atomic mass is 16.6. The second kappa shape index (κ2) is 5.02. The summed E-state index contributed by atoms with van der Waals surface area (Å²) in [7, 11) is 0. The van der Waals surface area contributed by atoms with Crippen LogP contribution in [0.4, 0.5) is 4.79 Å². The van der Waals surface area contributed by atoms with Crippen LogP contribution in [0.15, 0.2) is 0 Å². The van der Waals surface area contributed by atoms with E-state index in [1.54, 1.807) is 6.92 Å². The van der Waals surface area contributed by atoms with E-state index in [0.717, 1.165) is 0 Å². The minimum absolute atomic E-state index is 0.166. The minimum atomic E-state index is -0.549. The zero-order valence-electron chi connectivity index (χ0n) is 9.90. The van der Waals surface area contributed by atoms with E-state index in [0.29, 0.717) is 6.42 Å². The molecule has 0 aromatic carbocycles. The molecule has 88 valence electrons. The summed E-state index contributed by atoms with van der Waals surface area (Å²) in [4.78, 5) is 24.7. The number of hydrogen-bond acceptors (Lipinski definition) is 3. The van der Waals surface area contributed by atoms with Crippen molar-refractivity contribution in [1.82, 2.24) is 4.90 Å². The average Bonchev–Trinajstić information content (AvgIpc) is 2.59. The van der Waals surface area contributed by atoms with Gasteiger partial charge in [-0.3, -0.25) is 4.79 Å². The maximum absolute atomic E-state index is 12.0. The SMILES string of the molecule is C#CC[C@@H](C)C(=O)N1C(=O)OC[C@H]1C(C)C. The van der Waals surface area contributed by atoms with E-state index >= 15 is 0 Å². The summed E-state index contributed by atoms with van der Waals surface area (Å²) in [5.41, 5.74) is 0. The number of imide groups is 1. The van der Waals surface area contributed by atoms with Gasteiger partial charge in [0.15, 0.2) is 0 Å². The summed E-state index contributed by atoms with van der Waals surface area (Å²) in [6, 6.07) is -0.166. The van der Waals surface area contributed by atoms with Crippen molar-refractivity contribution in [2.24, 2.45) is 11.8 Å². The molecule has 1 heterocycles. The lowest BCUT2D eigenvalue weighted by Crippen LogP contribution is -2.44. The quantitative estimate of drug-likeness (QED) is 0.683. The summed E-state index contributed by atoms with van der Waals surface area (Å²) >= 11 is 0. The van der Waals surface area contributed by atoms with E-state index in [1.165, 1.54) is 4.90 Å². The average molecular weight is 223 g/mol. The molecule has 1 aliphatic rings. The normalized spacial score (nSPS) is 21.8. The fraction of sp³-hybridized carbons (Fsp3) is 0.667. The zero-order chi connectivity index (χ0) is 12.3. The van der Waals surface area contributed by atoms with Gasteiger partial charge in [-0.2, -0.15) is 0 Å². The Bertz CT molecular complexity index is 330. The first kappa shape index (κ1) is 12.6. The first-order valence-corrected chi connectivity index (χ1v) is 5.42. The van der Waals surface area contributed by atoms with Crippen LogP contribution in [0, 0.1) is 24.2 Å². The van der Waals surface area contributed by atoms with Gasteiger partial charge in [-0.15, -0.1) is 12.3 Å². The van der Waals surface area contributed by atoms with Crippen LogP contribution < -0.4 is 0 Å². The van der Waals surface area contributed by atoms with Gasteiger partial charge >= 0.3 is 6.09 Å². The zero-order valence-corrected chi connectivity index (χ0v) is 9.90. The van der Waals surface area contributed by atoms with Crippen molar-refractivity contribution in [3.63, 3.8) is 0 Å². The maximum Gasteiger partial charge on any atom is 0.416 e. The Labute approximate surface area is 95.9 Å². The molecule has 1 saturated heterocycles. The van der Waals surface area contributed by atoms with E-state index in [4.69, 9.17) is 11.2 Å². The Kier molecular flexibility index (Phi) is 3.94. The highest BCUT2D eigenvalue weighted by Gasteiger charge is 2.40. The number of cyclic esters (lactones) is 1. The van der Waals surface area contributed by atoms with E-state index < -0.39 is 6.09 Å². The third-order valence-electron chi connectivity index (χ3n) is 2.76. The van der Waals surface area contributed by atoms with Gasteiger partial charge in [0.1, 0.15) is 6.61 Å². The van der Waals surface area contributed by atoms with Crippen molar-refractivity contribution in [3.8, 4) is 12.3 Å². The van der Waals surface area contributed by atoms with Gasteiger partial charge in [-0.25, -0.2) is 9.69 Å². The smallest absolute Gasteiger partial charge is 0.416 e. The van der Waals surface area contributed by atoms with Crippen LogP contribution in [0.2, 0.25) is 0 Å². The topological polar surface area (TPSA) is 46.6 Å². The Morgan fingerprint density at radius 3 is 2.75 bits per heavy atom. The fourth-order valence-electron chi connectivity index (χ4n) is 1.68. The molecular weight excluding hydrogens is 206 g/mol. The molecule has 2 atom stereocenters. The lowest BCUT2D eigenvalue weighted by Gasteiger charge is -2.24. The number of carbonyl (C=O) groups excluding carboxylic acids is 2. The summed E-state index contributed by atoms with van der Waals surface area (Å²) in [5, 5.41) is 0. The van der Waals surface area contributed by atoms with Gasteiger partial charge in [0.2, 0.25) is 5.91 Å². The van der Waals surface area contributed by atoms with Crippen LogP contribution in [-0.4, -0.2) is 29.5 Å². The molecule has 1 rings (SSSR count). The lowest BCUT2D eigenvalue weighted by molar-refractivity contribution is -0.133. The molecule has 0 N–H and O–H groups in total. The van der Waals surface area contributed by atoms with Crippen LogP contribution in [0.5, 0.6) is 0 Å². The Morgan fingerprint density at radius 2 is 2.25 bits per heavy atom. The summed E-state index contributed by atoms with van der Waals surface area (Å²) in [6.45, 7) is 5.92. The standard InChI is InChI=1S/C12H17NO3/c1-5-6-9(4)11(14)13-10(8(2)3)7-16-12(13)15/h1,8-10H,6-7H2,2-4H3/t9-,10+/m1/s1. The lowest BCUT2D eigenvalue weighted by atomic mass is 10.0. The maximum atomic E-state index is 12.0. The van der Waals surface area contributed by atoms with Crippen molar-refractivity contribution >= 4 is 12.0 Å². The van der Waals surface area contributed by atoms with Crippen molar-refractivity contribution in [1.29, 1.82) is 0 Å². The van der Waals surface area contributed by atoms with Crippen molar-refractivity contribution in [2.45, 2.75) is 33.2 Å². The van der Waals surface area contributed by atoms with Crippen LogP contribution in [-0.2, 0) is 9.53 Å². The van der Waals surface area contributed by atoms with Crippen molar-refractivity contribution in [2.75, 3.05) is 6.61 Å². The highest BCUT2D eigenvalue weighted by molar-refractivity contribution is 5.94. The van der Waals surface area contributed by atoms with Gasteiger partial charge in [0, 0.05) is 12.3 Å². The van der Waals surface area contributed by atoms with Gasteiger partial charge in [0.05, 0.1) is 6.04 Å². The van der Waals surface area contributed by atoms with Gasteiger partial charge in [-0.05, 0) is 5.92 Å². The Hall–Kier alpha value is -1.50. The predicted molar refractivity (Wildman–Crippen MR) is 59.4 cm³/mol. The first-order valence-electron chi connectivity index (χ1n) is 5.42. The number of hydrogen-bond donors (Lipinski definition) is 0. The molecule has 0 spiro atoms. The number of ether oxygens (including phenoxy) is 1. The van der Waals surface area contributed by atoms with E-state index in [1.807, 2.05) is 13.8 Å². The second-order valence-electron chi connectivity index (χ2n) is 4.41. The van der Waals surface area contributed by atoms with Crippen LogP contribution in [0.1, 0.15) is 27.2 Å². The molecule has 0 aromatic rings. The van der Waals surface area contributed by atoms with Crippen LogP contribution >= 0.6 is 0 Å². The monoisotopic (exact) mass is 223 g/mol. The van der Waals surface area contributed by atoms with Crippen LogP contribution in [0.3, 0.4) is 0 Å². The number of carbonyl (C=O) groups is 2. The second-order valence-corrected chi connectivity index (χ2v) is 4.41. The molecule has 16 heavy (non-hydrogen) atoms. The first-order chi connectivity index (χ1) is 7.49. The van der Waals surface area contributed by atoms with Gasteiger partial charge in [0.25, 0.3) is 0 Å². The molecular formula is C12H17NO3. The molecule has 4 nitrogen and oxygen atoms in total. The number of nitrogens with zero attached hydrogens (tertiary/aromatic N) is 1. The number of amides is 2. The van der Waals surface area contributed by atoms with Crippen molar-refractivity contribution < 1.29 is 14.3 Å². The number of rotatable bonds is 3. The molecule has 4 heteroatoms. The molecule has 1 aliphatic heterocycles.